The summed E-state index contributed by atoms with van der Waals surface area (Å²) < 4.78 is 15.6. The molecule has 4 aliphatic heterocycles. The number of carbonyl (C=O) groups excluding carboxylic acids is 2. The van der Waals surface area contributed by atoms with Crippen molar-refractivity contribution in [1.82, 2.24) is 39.0 Å². The highest BCUT2D eigenvalue weighted by Crippen LogP contribution is 2.38. The van der Waals surface area contributed by atoms with Crippen LogP contribution in [0.1, 0.15) is 54.4 Å². The highest BCUT2D eigenvalue weighted by atomic mass is 79.9. The zero-order chi connectivity index (χ0) is 41.2. The van der Waals surface area contributed by atoms with E-state index in [2.05, 4.69) is 94.4 Å². The van der Waals surface area contributed by atoms with Crippen molar-refractivity contribution in [1.29, 1.82) is 0 Å². The minimum absolute atomic E-state index is 0.193. The molecule has 0 unspecified atom stereocenters. The van der Waals surface area contributed by atoms with Crippen molar-refractivity contribution < 1.29 is 19.1 Å². The van der Waals surface area contributed by atoms with Gasteiger partial charge in [-0.25, -0.2) is 28.6 Å². The molecule has 10 rings (SSSR count). The molecule has 4 aliphatic rings. The number of fused-ring (bicyclic) bond motifs is 6. The van der Waals surface area contributed by atoms with Gasteiger partial charge in [0.1, 0.15) is 11.2 Å². The molecule has 306 valence electrons. The van der Waals surface area contributed by atoms with Crippen molar-refractivity contribution in [2.45, 2.75) is 89.8 Å². The van der Waals surface area contributed by atoms with Crippen molar-refractivity contribution in [3.8, 4) is 22.3 Å². The van der Waals surface area contributed by atoms with Crippen LogP contribution in [-0.4, -0.2) is 113 Å². The van der Waals surface area contributed by atoms with Gasteiger partial charge < -0.3 is 29.1 Å². The van der Waals surface area contributed by atoms with Gasteiger partial charge in [0.05, 0.1) is 29.0 Å². The lowest BCUT2D eigenvalue weighted by molar-refractivity contribution is 0.0204. The van der Waals surface area contributed by atoms with E-state index in [1.165, 1.54) is 11.4 Å². The molecule has 14 nitrogen and oxygen atoms in total. The van der Waals surface area contributed by atoms with Gasteiger partial charge in [0, 0.05) is 91.6 Å². The summed E-state index contributed by atoms with van der Waals surface area (Å²) in [5, 5.41) is 8.57. The summed E-state index contributed by atoms with van der Waals surface area (Å²) in [4.78, 5) is 42.4. The van der Waals surface area contributed by atoms with Gasteiger partial charge in [0.15, 0.2) is 11.3 Å². The molecule has 8 heterocycles. The van der Waals surface area contributed by atoms with E-state index in [0.29, 0.717) is 12.1 Å². The summed E-state index contributed by atoms with van der Waals surface area (Å²) in [6.45, 7) is 14.6. The largest absolute Gasteiger partial charge is 0.444 e. The van der Waals surface area contributed by atoms with Crippen LogP contribution in [0.15, 0.2) is 96.3 Å². The van der Waals surface area contributed by atoms with Gasteiger partial charge in [-0.3, -0.25) is 0 Å². The SMILES string of the molecule is CC(C)(C)OC(=O)N1C[C@@H]2C[C@H]1CN2c1ccc(-c2cnc3c(Br)cnn3c2)cc1.CC(C)(C)OC(=O)N1C[C@@H]2C[C@H]1CN2c1ccc(-c2cnc3ccnn3c2)cc1. The van der Waals surface area contributed by atoms with Crippen LogP contribution in [0.5, 0.6) is 0 Å². The van der Waals surface area contributed by atoms with Crippen LogP contribution >= 0.6 is 15.9 Å². The molecule has 0 radical (unpaired) electrons. The first-order valence-electron chi connectivity index (χ1n) is 20.2. The zero-order valence-corrected chi connectivity index (χ0v) is 35.8. The average molecular weight is 862 g/mol. The molecule has 59 heavy (non-hydrogen) atoms. The van der Waals surface area contributed by atoms with Crippen molar-refractivity contribution >= 4 is 50.8 Å². The molecule has 6 aromatic rings. The number of halogens is 1. The molecule has 2 aromatic carbocycles. The van der Waals surface area contributed by atoms with Crippen LogP contribution < -0.4 is 9.80 Å². The van der Waals surface area contributed by atoms with Gasteiger partial charge in [0.25, 0.3) is 0 Å². The minimum atomic E-state index is -0.460. The fraction of sp³-hybridized carbons (Fsp3) is 0.409. The van der Waals surface area contributed by atoms with Crippen molar-refractivity contribution in [3.63, 3.8) is 0 Å². The van der Waals surface area contributed by atoms with E-state index in [0.717, 1.165) is 77.0 Å². The summed E-state index contributed by atoms with van der Waals surface area (Å²) in [6, 6.07) is 20.1. The predicted octanol–water partition coefficient (Wildman–Crippen LogP) is 7.95. The molecule has 15 heteroatoms. The quantitative estimate of drug-likeness (QED) is 0.173. The standard InChI is InChI=1S/C22H24BrN5O2.C22H25N5O2/c1-22(2,3)30-21(29)27-13-17-8-18(27)12-26(17)16-6-4-14(5-7-16)15-9-24-20-19(23)10-25-28(20)11-15;1-22(2,3)29-21(28)26-14-18-10-19(26)13-25(18)17-6-4-15(5-7-17)16-11-23-20-8-9-24-27(20)12-16/h4-7,9-11,17-18H,8,12-13H2,1-3H3;4-9,11-12,18-19H,10,13-14H2,1-3H3/t17-,18-;18-,19-/m00/s1. The second kappa shape index (κ2) is 14.8. The minimum Gasteiger partial charge on any atom is -0.444 e. The van der Waals surface area contributed by atoms with E-state index in [9.17, 15) is 9.59 Å². The van der Waals surface area contributed by atoms with Gasteiger partial charge in [-0.05, 0) is 106 Å². The third-order valence-electron chi connectivity index (χ3n) is 11.4. The number of anilines is 2. The molecule has 0 aliphatic carbocycles. The highest BCUT2D eigenvalue weighted by Gasteiger charge is 2.47. The molecule has 0 saturated carbocycles. The van der Waals surface area contributed by atoms with Gasteiger partial charge in [-0.1, -0.05) is 24.3 Å². The van der Waals surface area contributed by atoms with E-state index in [1.807, 2.05) is 82.2 Å². The van der Waals surface area contributed by atoms with Gasteiger partial charge in [-0.2, -0.15) is 10.2 Å². The zero-order valence-electron chi connectivity index (χ0n) is 34.2. The Labute approximate surface area is 351 Å². The lowest BCUT2D eigenvalue weighted by Crippen LogP contribution is -2.50. The second-order valence-corrected chi connectivity index (χ2v) is 18.7. The molecular weight excluding hydrogens is 812 g/mol. The molecule has 4 atom stereocenters. The lowest BCUT2D eigenvalue weighted by Gasteiger charge is -2.36. The van der Waals surface area contributed by atoms with Crippen molar-refractivity contribution in [2.24, 2.45) is 0 Å². The van der Waals surface area contributed by atoms with E-state index < -0.39 is 11.2 Å². The number of benzene rings is 2. The number of amides is 2. The summed E-state index contributed by atoms with van der Waals surface area (Å²) in [7, 11) is 0. The molecule has 4 aromatic heterocycles. The molecule has 2 amide bonds. The smallest absolute Gasteiger partial charge is 0.410 e. The Morgan fingerprint density at radius 3 is 1.56 bits per heavy atom. The van der Waals surface area contributed by atoms with Crippen LogP contribution in [0.4, 0.5) is 21.0 Å². The summed E-state index contributed by atoms with van der Waals surface area (Å²) in [5.41, 5.74) is 7.37. The van der Waals surface area contributed by atoms with Crippen LogP contribution in [0, 0.1) is 0 Å². The molecule has 4 saturated heterocycles. The van der Waals surface area contributed by atoms with Crippen LogP contribution in [0.2, 0.25) is 0 Å². The Hall–Kier alpha value is -5.70. The Kier molecular flexibility index (Phi) is 9.76. The first kappa shape index (κ1) is 38.8. The number of rotatable bonds is 4. The first-order valence-corrected chi connectivity index (χ1v) is 21.0. The third kappa shape index (κ3) is 7.91. The summed E-state index contributed by atoms with van der Waals surface area (Å²) >= 11 is 3.45. The van der Waals surface area contributed by atoms with E-state index >= 15 is 0 Å². The summed E-state index contributed by atoms with van der Waals surface area (Å²) in [5.74, 6) is 0. The van der Waals surface area contributed by atoms with Crippen LogP contribution in [0.25, 0.3) is 33.5 Å². The second-order valence-electron chi connectivity index (χ2n) is 17.8. The topological polar surface area (TPSA) is 126 Å². The number of aromatic nitrogens is 6. The normalized spacial score (nSPS) is 21.1. The number of likely N-dealkylation sites (tertiary alicyclic amines) is 2. The van der Waals surface area contributed by atoms with Crippen LogP contribution in [-0.2, 0) is 9.47 Å². The predicted molar refractivity (Wildman–Crippen MR) is 230 cm³/mol. The molecule has 4 fully saturated rings. The molecular formula is C44H49BrN10O4. The maximum atomic E-state index is 12.5. The number of hydrogen-bond acceptors (Lipinski definition) is 10. The van der Waals surface area contributed by atoms with Crippen molar-refractivity contribution in [2.75, 3.05) is 36.0 Å². The Morgan fingerprint density at radius 1 is 0.593 bits per heavy atom. The lowest BCUT2D eigenvalue weighted by atomic mass is 10.1. The molecule has 0 spiro atoms. The number of nitrogens with zero attached hydrogens (tertiary/aromatic N) is 10. The average Bonchev–Trinajstić information content (AvgIpc) is 4.07. The third-order valence-corrected chi connectivity index (χ3v) is 11.9. The molecule has 4 bridgehead atoms. The Balaban J connectivity index is 0.000000152. The van der Waals surface area contributed by atoms with Gasteiger partial charge >= 0.3 is 12.2 Å². The Bertz CT molecular complexity index is 2510. The monoisotopic (exact) mass is 860 g/mol. The fourth-order valence-corrected chi connectivity index (χ4v) is 9.07. The van der Waals surface area contributed by atoms with Crippen LogP contribution in [0.3, 0.4) is 0 Å². The Morgan fingerprint density at radius 2 is 1.08 bits per heavy atom. The number of carbonyl (C=O) groups is 2. The highest BCUT2D eigenvalue weighted by molar-refractivity contribution is 9.10. The van der Waals surface area contributed by atoms with E-state index in [1.54, 1.807) is 21.4 Å². The first-order chi connectivity index (χ1) is 28.2. The van der Waals surface area contributed by atoms with E-state index in [-0.39, 0.29) is 24.3 Å². The maximum Gasteiger partial charge on any atom is 0.410 e. The molecule has 0 N–H and O–H groups in total. The number of hydrogen-bond donors (Lipinski definition) is 0. The van der Waals surface area contributed by atoms with E-state index in [4.69, 9.17) is 9.47 Å². The number of ether oxygens (including phenoxy) is 2. The number of piperazine rings is 2. The summed E-state index contributed by atoms with van der Waals surface area (Å²) in [6.07, 6.45) is 12.8. The van der Waals surface area contributed by atoms with Gasteiger partial charge in [-0.15, -0.1) is 0 Å². The van der Waals surface area contributed by atoms with Gasteiger partial charge in [0.2, 0.25) is 0 Å². The van der Waals surface area contributed by atoms with Crippen molar-refractivity contribution in [3.05, 3.63) is 96.3 Å². The fourth-order valence-electron chi connectivity index (χ4n) is 8.70. The maximum absolute atomic E-state index is 12.5.